The fourth-order valence-corrected chi connectivity index (χ4v) is 6.70. The van der Waals surface area contributed by atoms with Gasteiger partial charge in [0.05, 0.1) is 5.60 Å². The molecule has 2 aromatic rings. The van der Waals surface area contributed by atoms with Crippen molar-refractivity contribution in [3.8, 4) is 0 Å². The van der Waals surface area contributed by atoms with Gasteiger partial charge in [-0.1, -0.05) is 0 Å². The third-order valence-electron chi connectivity index (χ3n) is 4.62. The van der Waals surface area contributed by atoms with E-state index in [1.54, 1.807) is 18.3 Å². The lowest BCUT2D eigenvalue weighted by molar-refractivity contribution is -0.183. The highest BCUT2D eigenvalue weighted by atomic mass is 127. The average molecular weight is 473 g/mol. The average Bonchev–Trinajstić information content (AvgIpc) is 2.83. The Labute approximate surface area is 166 Å². The summed E-state index contributed by atoms with van der Waals surface area (Å²) < 4.78 is 7.04. The SMILES string of the molecule is Cc1nc2sc3c(c2c(I)c1C(C)(OC(C)(C)C)C(=O)O)CCCC3. The Kier molecular flexibility index (Phi) is 4.92. The first-order valence-electron chi connectivity index (χ1n) is 8.59. The van der Waals surface area contributed by atoms with E-state index in [2.05, 4.69) is 22.6 Å². The topological polar surface area (TPSA) is 59.4 Å². The second-order valence-electron chi connectivity index (χ2n) is 7.83. The van der Waals surface area contributed by atoms with Gasteiger partial charge in [0.1, 0.15) is 4.83 Å². The molecule has 0 saturated carbocycles. The van der Waals surface area contributed by atoms with Crippen LogP contribution in [0.5, 0.6) is 0 Å². The number of hydrogen-bond acceptors (Lipinski definition) is 4. The Morgan fingerprint density at radius 1 is 1.24 bits per heavy atom. The molecule has 2 heterocycles. The number of thiophene rings is 1. The van der Waals surface area contributed by atoms with E-state index in [1.807, 2.05) is 27.7 Å². The highest BCUT2D eigenvalue weighted by Gasteiger charge is 2.44. The normalized spacial score (nSPS) is 17.4. The summed E-state index contributed by atoms with van der Waals surface area (Å²) in [5.74, 6) is -0.978. The molecule has 1 atom stereocenters. The summed E-state index contributed by atoms with van der Waals surface area (Å²) in [6.07, 6.45) is 4.57. The molecule has 1 aliphatic carbocycles. The van der Waals surface area contributed by atoms with Crippen LogP contribution < -0.4 is 0 Å². The highest BCUT2D eigenvalue weighted by Crippen LogP contribution is 2.43. The summed E-state index contributed by atoms with van der Waals surface area (Å²) in [6.45, 7) is 9.19. The van der Waals surface area contributed by atoms with Crippen LogP contribution in [0.2, 0.25) is 0 Å². The number of nitrogens with zero attached hydrogens (tertiary/aromatic N) is 1. The van der Waals surface area contributed by atoms with E-state index in [0.29, 0.717) is 5.56 Å². The quantitative estimate of drug-likeness (QED) is 0.623. The molecule has 0 spiro atoms. The van der Waals surface area contributed by atoms with E-state index >= 15 is 0 Å². The summed E-state index contributed by atoms with van der Waals surface area (Å²) in [5, 5.41) is 11.2. The predicted octanol–water partition coefficient (Wildman–Crippen LogP) is 5.20. The van der Waals surface area contributed by atoms with Crippen molar-refractivity contribution in [2.24, 2.45) is 0 Å². The molecule has 25 heavy (non-hydrogen) atoms. The van der Waals surface area contributed by atoms with E-state index in [0.717, 1.165) is 32.3 Å². The molecule has 0 bridgehead atoms. The second-order valence-corrected chi connectivity index (χ2v) is 9.99. The van der Waals surface area contributed by atoms with Crippen molar-refractivity contribution in [3.63, 3.8) is 0 Å². The maximum atomic E-state index is 12.2. The Hall–Kier alpha value is -0.730. The van der Waals surface area contributed by atoms with Gasteiger partial charge >= 0.3 is 5.97 Å². The van der Waals surface area contributed by atoms with Gasteiger partial charge in [-0.05, 0) is 88.5 Å². The van der Waals surface area contributed by atoms with E-state index in [4.69, 9.17) is 9.72 Å². The lowest BCUT2D eigenvalue weighted by atomic mass is 9.90. The van der Waals surface area contributed by atoms with Gasteiger partial charge in [-0.25, -0.2) is 9.78 Å². The van der Waals surface area contributed by atoms with Gasteiger partial charge in [0, 0.05) is 25.1 Å². The lowest BCUT2D eigenvalue weighted by Gasteiger charge is -2.35. The first-order valence-corrected chi connectivity index (χ1v) is 10.5. The number of ether oxygens (including phenoxy) is 1. The Balaban J connectivity index is 2.29. The van der Waals surface area contributed by atoms with Gasteiger partial charge in [0.15, 0.2) is 5.60 Å². The van der Waals surface area contributed by atoms with Crippen LogP contribution >= 0.6 is 33.9 Å². The maximum absolute atomic E-state index is 12.2. The fraction of sp³-hybridized carbons (Fsp3) is 0.579. The molecule has 1 aliphatic rings. The number of carbonyl (C=O) groups is 1. The summed E-state index contributed by atoms with van der Waals surface area (Å²) in [4.78, 5) is 19.4. The molecule has 0 amide bonds. The van der Waals surface area contributed by atoms with Crippen LogP contribution in [0, 0.1) is 10.5 Å². The number of aromatic nitrogens is 1. The minimum Gasteiger partial charge on any atom is -0.479 e. The van der Waals surface area contributed by atoms with E-state index in [-0.39, 0.29) is 0 Å². The number of pyridine rings is 1. The summed E-state index contributed by atoms with van der Waals surface area (Å²) in [7, 11) is 0. The molecule has 2 aromatic heterocycles. The summed E-state index contributed by atoms with van der Waals surface area (Å²) >= 11 is 4.07. The summed E-state index contributed by atoms with van der Waals surface area (Å²) in [5.41, 5.74) is 0.793. The zero-order valence-electron chi connectivity index (χ0n) is 15.3. The van der Waals surface area contributed by atoms with E-state index in [9.17, 15) is 9.90 Å². The van der Waals surface area contributed by atoms with Gasteiger partial charge < -0.3 is 9.84 Å². The number of rotatable bonds is 3. The molecule has 1 N–H and O–H groups in total. The number of hydrogen-bond donors (Lipinski definition) is 1. The Morgan fingerprint density at radius 3 is 2.48 bits per heavy atom. The second kappa shape index (κ2) is 6.46. The van der Waals surface area contributed by atoms with Crippen molar-refractivity contribution < 1.29 is 14.6 Å². The molecule has 0 radical (unpaired) electrons. The predicted molar refractivity (Wildman–Crippen MR) is 110 cm³/mol. The smallest absolute Gasteiger partial charge is 0.340 e. The van der Waals surface area contributed by atoms with Crippen molar-refractivity contribution in [1.82, 2.24) is 4.98 Å². The van der Waals surface area contributed by atoms with Crippen LogP contribution in [0.25, 0.3) is 10.2 Å². The number of aliphatic carboxylic acids is 1. The molecule has 3 rings (SSSR count). The van der Waals surface area contributed by atoms with Gasteiger partial charge in [0.25, 0.3) is 0 Å². The Morgan fingerprint density at radius 2 is 1.88 bits per heavy atom. The van der Waals surface area contributed by atoms with Crippen LogP contribution in [0.3, 0.4) is 0 Å². The Bertz CT molecular complexity index is 853. The number of aryl methyl sites for hydroxylation is 3. The standard InChI is InChI=1S/C19H24INO3S/c1-10-14(19(5,17(22)23)24-18(2,3)4)15(20)13-11-8-6-7-9-12(11)25-16(13)21-10/h6-9H2,1-5H3,(H,22,23). The van der Waals surface area contributed by atoms with Crippen molar-refractivity contribution in [1.29, 1.82) is 0 Å². The van der Waals surface area contributed by atoms with Crippen molar-refractivity contribution in [3.05, 3.63) is 25.3 Å². The molecule has 0 aromatic carbocycles. The summed E-state index contributed by atoms with van der Waals surface area (Å²) in [6, 6.07) is 0. The van der Waals surface area contributed by atoms with Crippen molar-refractivity contribution in [2.45, 2.75) is 71.5 Å². The maximum Gasteiger partial charge on any atom is 0.340 e. The van der Waals surface area contributed by atoms with Crippen LogP contribution in [0.4, 0.5) is 0 Å². The van der Waals surface area contributed by atoms with Gasteiger partial charge in [-0.2, -0.15) is 0 Å². The minimum absolute atomic E-state index is 0.578. The number of fused-ring (bicyclic) bond motifs is 3. The first kappa shape index (κ1) is 19.0. The van der Waals surface area contributed by atoms with Crippen molar-refractivity contribution in [2.75, 3.05) is 0 Å². The zero-order chi connectivity index (χ0) is 18.6. The molecular weight excluding hydrogens is 449 g/mol. The van der Waals surface area contributed by atoms with Gasteiger partial charge in [-0.15, -0.1) is 11.3 Å². The largest absolute Gasteiger partial charge is 0.479 e. The third kappa shape index (κ3) is 3.32. The van der Waals surface area contributed by atoms with E-state index < -0.39 is 17.2 Å². The minimum atomic E-state index is -1.43. The molecule has 136 valence electrons. The number of carboxylic acid groups (broad SMARTS) is 1. The molecular formula is C19H24INO3S. The molecule has 1 unspecified atom stereocenters. The van der Waals surface area contributed by atoms with Crippen LogP contribution in [-0.2, 0) is 28.0 Å². The highest BCUT2D eigenvalue weighted by molar-refractivity contribution is 14.1. The van der Waals surface area contributed by atoms with Gasteiger partial charge in [-0.3, -0.25) is 0 Å². The molecule has 6 heteroatoms. The first-order chi connectivity index (χ1) is 11.5. The van der Waals surface area contributed by atoms with Crippen molar-refractivity contribution >= 4 is 50.1 Å². The molecule has 4 nitrogen and oxygen atoms in total. The third-order valence-corrected chi connectivity index (χ3v) is 6.88. The zero-order valence-corrected chi connectivity index (χ0v) is 18.3. The lowest BCUT2D eigenvalue weighted by Crippen LogP contribution is -2.43. The van der Waals surface area contributed by atoms with Crippen LogP contribution in [0.1, 0.15) is 62.2 Å². The van der Waals surface area contributed by atoms with E-state index in [1.165, 1.54) is 23.3 Å². The molecule has 0 saturated heterocycles. The number of carboxylic acids is 1. The fourth-order valence-electron chi connectivity index (χ4n) is 3.72. The molecule has 0 fully saturated rings. The van der Waals surface area contributed by atoms with Gasteiger partial charge in [0.2, 0.25) is 0 Å². The van der Waals surface area contributed by atoms with Crippen LogP contribution in [-0.4, -0.2) is 21.7 Å². The van der Waals surface area contributed by atoms with Crippen LogP contribution in [0.15, 0.2) is 0 Å². The molecule has 0 aliphatic heterocycles. The monoisotopic (exact) mass is 473 g/mol. The number of halogens is 1.